The Kier molecular flexibility index (Phi) is 8.27. The second kappa shape index (κ2) is 11.0. The largest absolute Gasteiger partial charge is 0.480 e. The molecule has 0 aliphatic carbocycles. The van der Waals surface area contributed by atoms with Crippen LogP contribution in [0.25, 0.3) is 0 Å². The molecule has 0 saturated heterocycles. The van der Waals surface area contributed by atoms with Gasteiger partial charge in [-0.25, -0.2) is 22.3 Å². The van der Waals surface area contributed by atoms with Crippen LogP contribution in [-0.2, 0) is 27.8 Å². The molecule has 0 fully saturated rings. The Morgan fingerprint density at radius 3 is 2.03 bits per heavy atom. The smallest absolute Gasteiger partial charge is 0.326 e. The Bertz CT molecular complexity index is 1280. The fraction of sp³-hybridized carbons (Fsp3) is 0.130. The highest BCUT2D eigenvalue weighted by Crippen LogP contribution is 2.22. The molecule has 0 saturated carbocycles. The highest BCUT2D eigenvalue weighted by atomic mass is 35.5. The minimum atomic E-state index is -3.87. The van der Waals surface area contributed by atoms with Crippen molar-refractivity contribution >= 4 is 45.1 Å². The fourth-order valence-corrected chi connectivity index (χ4v) is 4.76. The number of sulfonamides is 1. The Labute approximate surface area is 205 Å². The maximum absolute atomic E-state index is 13.1. The number of nitrogens with one attached hydrogen (secondary N) is 2. The molecule has 0 heterocycles. The summed E-state index contributed by atoms with van der Waals surface area (Å²) in [5.41, 5.74) is 1.31. The summed E-state index contributed by atoms with van der Waals surface area (Å²) < 4.78 is 40.4. The van der Waals surface area contributed by atoms with Crippen LogP contribution in [0.15, 0.2) is 71.6 Å². The van der Waals surface area contributed by atoms with Gasteiger partial charge >= 0.3 is 5.97 Å². The van der Waals surface area contributed by atoms with Gasteiger partial charge in [-0.2, -0.15) is 0 Å². The summed E-state index contributed by atoms with van der Waals surface area (Å²) in [4.78, 5) is 24.0. The molecule has 3 aromatic rings. The number of carbonyl (C=O) groups is 2. The van der Waals surface area contributed by atoms with Crippen LogP contribution in [0.5, 0.6) is 0 Å². The zero-order valence-electron chi connectivity index (χ0n) is 17.5. The molecule has 0 aromatic heterocycles. The summed E-state index contributed by atoms with van der Waals surface area (Å²) in [5.74, 6) is -2.29. The summed E-state index contributed by atoms with van der Waals surface area (Å²) in [6.45, 7) is -0.0588. The van der Waals surface area contributed by atoms with Crippen LogP contribution < -0.4 is 10.0 Å². The van der Waals surface area contributed by atoms with Gasteiger partial charge in [0.05, 0.1) is 4.90 Å². The third-order valence-corrected chi connectivity index (χ3v) is 6.60. The number of carboxylic acid groups (broad SMARTS) is 1. The zero-order chi connectivity index (χ0) is 24.9. The van der Waals surface area contributed by atoms with Crippen LogP contribution in [-0.4, -0.2) is 31.4 Å². The first-order valence-corrected chi connectivity index (χ1v) is 12.1. The standard InChI is InChI=1S/C23H19Cl2FN2O5S/c24-17-10-18(25)12-20(11-17)34(32,33)27-13-15-1-5-16(6-2-15)22(29)28-21(23(30)31)9-14-3-7-19(26)8-4-14/h1-8,10-12,21,27H,9,13H2,(H,28,29)(H,30,31)/t21-/m0/s1. The van der Waals surface area contributed by atoms with Crippen LogP contribution in [0.2, 0.25) is 10.0 Å². The highest BCUT2D eigenvalue weighted by Gasteiger charge is 2.21. The van der Waals surface area contributed by atoms with Crippen molar-refractivity contribution in [1.29, 1.82) is 0 Å². The van der Waals surface area contributed by atoms with Gasteiger partial charge in [-0.1, -0.05) is 47.5 Å². The van der Waals surface area contributed by atoms with E-state index >= 15 is 0 Å². The number of carboxylic acids is 1. The van der Waals surface area contributed by atoms with Gasteiger partial charge in [-0.15, -0.1) is 0 Å². The summed E-state index contributed by atoms with van der Waals surface area (Å²) in [6, 6.07) is 14.1. The van der Waals surface area contributed by atoms with E-state index in [-0.39, 0.29) is 33.5 Å². The van der Waals surface area contributed by atoms with E-state index in [1.807, 2.05) is 0 Å². The first-order chi connectivity index (χ1) is 16.0. The number of benzene rings is 3. The first kappa shape index (κ1) is 25.6. The van der Waals surface area contributed by atoms with Gasteiger partial charge < -0.3 is 10.4 Å². The van der Waals surface area contributed by atoms with E-state index in [1.165, 1.54) is 66.7 Å². The van der Waals surface area contributed by atoms with Crippen molar-refractivity contribution in [2.75, 3.05) is 0 Å². The van der Waals surface area contributed by atoms with Gasteiger partial charge in [0.1, 0.15) is 11.9 Å². The third kappa shape index (κ3) is 7.01. The lowest BCUT2D eigenvalue weighted by Crippen LogP contribution is -2.42. The van der Waals surface area contributed by atoms with Crippen molar-refractivity contribution < 1.29 is 27.5 Å². The van der Waals surface area contributed by atoms with Gasteiger partial charge in [-0.05, 0) is 53.6 Å². The number of hydrogen-bond donors (Lipinski definition) is 3. The second-order valence-corrected chi connectivity index (χ2v) is 9.96. The number of aliphatic carboxylic acids is 1. The normalized spacial score (nSPS) is 12.2. The lowest BCUT2D eigenvalue weighted by molar-refractivity contribution is -0.139. The molecule has 3 rings (SSSR count). The Morgan fingerprint density at radius 1 is 0.912 bits per heavy atom. The predicted molar refractivity (Wildman–Crippen MR) is 126 cm³/mol. The molecule has 0 unspecified atom stereocenters. The lowest BCUT2D eigenvalue weighted by Gasteiger charge is -2.15. The van der Waals surface area contributed by atoms with Crippen LogP contribution >= 0.6 is 23.2 Å². The molecule has 34 heavy (non-hydrogen) atoms. The Balaban J connectivity index is 1.63. The average molecular weight is 525 g/mol. The summed E-state index contributed by atoms with van der Waals surface area (Å²) in [7, 11) is -3.87. The molecule has 1 atom stereocenters. The molecule has 0 spiro atoms. The summed E-state index contributed by atoms with van der Waals surface area (Å²) >= 11 is 11.7. The average Bonchev–Trinajstić information content (AvgIpc) is 2.78. The molecule has 7 nitrogen and oxygen atoms in total. The summed E-state index contributed by atoms with van der Waals surface area (Å²) in [5, 5.41) is 12.2. The van der Waals surface area contributed by atoms with E-state index in [1.54, 1.807) is 0 Å². The topological polar surface area (TPSA) is 113 Å². The molecule has 0 aliphatic heterocycles. The highest BCUT2D eigenvalue weighted by molar-refractivity contribution is 7.89. The van der Waals surface area contributed by atoms with E-state index in [0.29, 0.717) is 11.1 Å². The molecule has 3 aromatic carbocycles. The molecular formula is C23H19Cl2FN2O5S. The van der Waals surface area contributed by atoms with E-state index in [2.05, 4.69) is 10.0 Å². The Hall–Kier alpha value is -2.98. The Morgan fingerprint density at radius 2 is 1.47 bits per heavy atom. The van der Waals surface area contributed by atoms with Gasteiger partial charge in [0, 0.05) is 28.6 Å². The maximum Gasteiger partial charge on any atom is 0.326 e. The van der Waals surface area contributed by atoms with Gasteiger partial charge in [-0.3, -0.25) is 4.79 Å². The third-order valence-electron chi connectivity index (χ3n) is 4.79. The van der Waals surface area contributed by atoms with Crippen LogP contribution in [0, 0.1) is 5.82 Å². The maximum atomic E-state index is 13.1. The van der Waals surface area contributed by atoms with Crippen molar-refractivity contribution in [3.05, 3.63) is 99.3 Å². The van der Waals surface area contributed by atoms with Crippen LogP contribution in [0.1, 0.15) is 21.5 Å². The number of hydrogen-bond acceptors (Lipinski definition) is 4. The molecule has 0 bridgehead atoms. The van der Waals surface area contributed by atoms with E-state index < -0.39 is 33.8 Å². The molecule has 3 N–H and O–H groups in total. The van der Waals surface area contributed by atoms with Crippen LogP contribution in [0.3, 0.4) is 0 Å². The fourth-order valence-electron chi connectivity index (χ4n) is 3.02. The van der Waals surface area contributed by atoms with Crippen molar-refractivity contribution in [3.63, 3.8) is 0 Å². The van der Waals surface area contributed by atoms with E-state index in [0.717, 1.165) is 0 Å². The molecule has 11 heteroatoms. The molecule has 178 valence electrons. The number of amides is 1. The molecule has 0 radical (unpaired) electrons. The van der Waals surface area contributed by atoms with E-state index in [4.69, 9.17) is 23.2 Å². The number of carbonyl (C=O) groups excluding carboxylic acids is 1. The van der Waals surface area contributed by atoms with Crippen molar-refractivity contribution in [2.24, 2.45) is 0 Å². The number of rotatable bonds is 9. The molecule has 0 aliphatic rings. The first-order valence-electron chi connectivity index (χ1n) is 9.86. The minimum absolute atomic E-state index is 0.0191. The van der Waals surface area contributed by atoms with Gasteiger partial charge in [0.25, 0.3) is 5.91 Å². The monoisotopic (exact) mass is 524 g/mol. The van der Waals surface area contributed by atoms with E-state index in [9.17, 15) is 27.5 Å². The lowest BCUT2D eigenvalue weighted by atomic mass is 10.0. The van der Waals surface area contributed by atoms with Gasteiger partial charge in [0.15, 0.2) is 0 Å². The van der Waals surface area contributed by atoms with Crippen molar-refractivity contribution in [1.82, 2.24) is 10.0 Å². The predicted octanol–water partition coefficient (Wildman–Crippen LogP) is 4.04. The molecule has 1 amide bonds. The van der Waals surface area contributed by atoms with Crippen molar-refractivity contribution in [3.8, 4) is 0 Å². The van der Waals surface area contributed by atoms with Crippen molar-refractivity contribution in [2.45, 2.75) is 23.9 Å². The quantitative estimate of drug-likeness (QED) is 0.391. The second-order valence-electron chi connectivity index (χ2n) is 7.32. The van der Waals surface area contributed by atoms with Gasteiger partial charge in [0.2, 0.25) is 10.0 Å². The SMILES string of the molecule is O=C(N[C@@H](Cc1ccc(F)cc1)C(=O)O)c1ccc(CNS(=O)(=O)c2cc(Cl)cc(Cl)c2)cc1. The molecular weight excluding hydrogens is 506 g/mol. The zero-order valence-corrected chi connectivity index (χ0v) is 19.8. The minimum Gasteiger partial charge on any atom is -0.480 e. The summed E-state index contributed by atoms with van der Waals surface area (Å²) in [6.07, 6.45) is -0.0191. The van der Waals surface area contributed by atoms with Crippen LogP contribution in [0.4, 0.5) is 4.39 Å². The number of halogens is 3.